The Hall–Kier alpha value is -1.05. The van der Waals surface area contributed by atoms with Gasteiger partial charge in [-0.3, -0.25) is 9.59 Å². The van der Waals surface area contributed by atoms with Gasteiger partial charge in [0.1, 0.15) is 0 Å². The van der Waals surface area contributed by atoms with Gasteiger partial charge >= 0.3 is 0 Å². The highest BCUT2D eigenvalue weighted by molar-refractivity contribution is 8.23. The molecule has 25 heavy (non-hydrogen) atoms. The summed E-state index contributed by atoms with van der Waals surface area (Å²) in [7, 11) is 0. The zero-order valence-corrected chi connectivity index (χ0v) is 17.1. The maximum Gasteiger partial charge on any atom is 0.237 e. The number of carbonyl (C=O) groups excluding carboxylic acids is 2. The average Bonchev–Trinajstić information content (AvgIpc) is 3.06. The van der Waals surface area contributed by atoms with Crippen molar-refractivity contribution in [3.8, 4) is 0 Å². The average molecular weight is 397 g/mol. The molecule has 1 aliphatic heterocycles. The van der Waals surface area contributed by atoms with Crippen molar-refractivity contribution in [2.75, 3.05) is 35.8 Å². The zero-order valence-electron chi connectivity index (χ0n) is 14.6. The van der Waals surface area contributed by atoms with Crippen LogP contribution >= 0.6 is 35.7 Å². The van der Waals surface area contributed by atoms with Gasteiger partial charge in [-0.1, -0.05) is 37.3 Å². The highest BCUT2D eigenvalue weighted by Crippen LogP contribution is 2.28. The van der Waals surface area contributed by atoms with E-state index in [1.54, 1.807) is 11.8 Å². The first-order chi connectivity index (χ1) is 12.0. The van der Waals surface area contributed by atoms with Gasteiger partial charge in [0.05, 0.1) is 16.5 Å². The number of amides is 2. The molecule has 4 nitrogen and oxygen atoms in total. The van der Waals surface area contributed by atoms with Gasteiger partial charge in [0.15, 0.2) is 0 Å². The lowest BCUT2D eigenvalue weighted by Gasteiger charge is -2.17. The molecule has 2 rings (SSSR count). The van der Waals surface area contributed by atoms with Crippen molar-refractivity contribution in [3.63, 3.8) is 0 Å². The molecule has 0 fully saturated rings. The van der Waals surface area contributed by atoms with E-state index in [2.05, 4.69) is 11.4 Å². The number of thiocarbonyl (C=S) groups is 1. The van der Waals surface area contributed by atoms with Crippen LogP contribution in [0.1, 0.15) is 18.9 Å². The van der Waals surface area contributed by atoms with Crippen molar-refractivity contribution in [1.29, 1.82) is 0 Å². The van der Waals surface area contributed by atoms with Gasteiger partial charge in [0.25, 0.3) is 0 Å². The molecule has 1 aliphatic rings. The van der Waals surface area contributed by atoms with Crippen LogP contribution in [0.15, 0.2) is 24.3 Å². The standard InChI is InChI=1S/C18H24N2O2S3/c1-13(8-10-24-2)18(22)19-11-17(23)25-12-16(21)20-9-7-14-5-3-4-6-15(14)20/h3-6,13H,7-12H2,1-2H3,(H,19,22)/t13-/m0/s1. The molecule has 0 aliphatic carbocycles. The maximum absolute atomic E-state index is 12.4. The molecule has 0 spiro atoms. The minimum Gasteiger partial charge on any atom is -0.350 e. The Labute approximate surface area is 163 Å². The second kappa shape index (κ2) is 10.2. The second-order valence-corrected chi connectivity index (χ2v) is 8.79. The minimum absolute atomic E-state index is 0.0111. The van der Waals surface area contributed by atoms with Crippen molar-refractivity contribution in [1.82, 2.24) is 5.32 Å². The number of thioether (sulfide) groups is 2. The van der Waals surface area contributed by atoms with Crippen LogP contribution in [0.25, 0.3) is 0 Å². The van der Waals surface area contributed by atoms with Crippen LogP contribution in [-0.4, -0.2) is 46.9 Å². The van der Waals surface area contributed by atoms with E-state index in [0.717, 1.165) is 30.8 Å². The molecule has 0 saturated heterocycles. The lowest BCUT2D eigenvalue weighted by Crippen LogP contribution is -2.34. The van der Waals surface area contributed by atoms with Gasteiger partial charge < -0.3 is 10.2 Å². The quantitative estimate of drug-likeness (QED) is 0.684. The summed E-state index contributed by atoms with van der Waals surface area (Å²) in [6.45, 7) is 3.00. The number of carbonyl (C=O) groups is 2. The first-order valence-electron chi connectivity index (χ1n) is 8.33. The Morgan fingerprint density at radius 2 is 2.12 bits per heavy atom. The third-order valence-corrected chi connectivity index (χ3v) is 6.15. The fraction of sp³-hybridized carbons (Fsp3) is 0.500. The molecular weight excluding hydrogens is 372 g/mol. The number of nitrogens with zero attached hydrogens (tertiary/aromatic N) is 1. The van der Waals surface area contributed by atoms with Crippen molar-refractivity contribution in [2.45, 2.75) is 19.8 Å². The summed E-state index contributed by atoms with van der Waals surface area (Å²) >= 11 is 8.37. The summed E-state index contributed by atoms with van der Waals surface area (Å²) in [5, 5.41) is 2.86. The summed E-state index contributed by atoms with van der Waals surface area (Å²) in [6, 6.07) is 8.00. The number of anilines is 1. The van der Waals surface area contributed by atoms with Crippen molar-refractivity contribution >= 4 is 57.4 Å². The number of hydrogen-bond acceptors (Lipinski definition) is 5. The predicted molar refractivity (Wildman–Crippen MR) is 113 cm³/mol. The molecule has 1 N–H and O–H groups in total. The maximum atomic E-state index is 12.4. The summed E-state index contributed by atoms with van der Waals surface area (Å²) in [4.78, 5) is 26.2. The van der Waals surface area contributed by atoms with Gasteiger partial charge in [-0.05, 0) is 36.5 Å². The molecule has 0 bridgehead atoms. The first-order valence-corrected chi connectivity index (χ1v) is 11.1. The molecule has 0 radical (unpaired) electrons. The van der Waals surface area contributed by atoms with E-state index >= 15 is 0 Å². The highest BCUT2D eigenvalue weighted by Gasteiger charge is 2.24. The Balaban J connectivity index is 1.72. The molecule has 1 heterocycles. The van der Waals surface area contributed by atoms with Crippen LogP contribution in [0.5, 0.6) is 0 Å². The Morgan fingerprint density at radius 3 is 2.88 bits per heavy atom. The van der Waals surface area contributed by atoms with Crippen LogP contribution in [-0.2, 0) is 16.0 Å². The lowest BCUT2D eigenvalue weighted by molar-refractivity contribution is -0.124. The smallest absolute Gasteiger partial charge is 0.237 e. The van der Waals surface area contributed by atoms with E-state index in [0.29, 0.717) is 16.5 Å². The van der Waals surface area contributed by atoms with Crippen molar-refractivity contribution in [3.05, 3.63) is 29.8 Å². The highest BCUT2D eigenvalue weighted by atomic mass is 32.2. The fourth-order valence-corrected chi connectivity index (χ4v) is 4.08. The molecular formula is C18H24N2O2S3. The normalized spacial score (nSPS) is 14.1. The molecule has 1 atom stereocenters. The zero-order chi connectivity index (χ0) is 18.2. The van der Waals surface area contributed by atoms with Crippen LogP contribution in [0, 0.1) is 5.92 Å². The third-order valence-electron chi connectivity index (χ3n) is 4.15. The molecule has 0 unspecified atom stereocenters. The van der Waals surface area contributed by atoms with Gasteiger partial charge in [0, 0.05) is 18.2 Å². The van der Waals surface area contributed by atoms with Crippen molar-refractivity contribution < 1.29 is 9.59 Å². The van der Waals surface area contributed by atoms with Crippen LogP contribution < -0.4 is 10.2 Å². The predicted octanol–water partition coefficient (Wildman–Crippen LogP) is 3.14. The fourth-order valence-electron chi connectivity index (χ4n) is 2.63. The largest absolute Gasteiger partial charge is 0.350 e. The summed E-state index contributed by atoms with van der Waals surface area (Å²) < 4.78 is 0.645. The van der Waals surface area contributed by atoms with E-state index in [1.165, 1.54) is 17.3 Å². The number of benzene rings is 1. The van der Waals surface area contributed by atoms with Crippen LogP contribution in [0.2, 0.25) is 0 Å². The summed E-state index contributed by atoms with van der Waals surface area (Å²) in [5.74, 6) is 1.36. The SMILES string of the molecule is CSCC[C@H](C)C(=O)NCC(=S)SCC(=O)N1CCc2ccccc21. The van der Waals surface area contributed by atoms with E-state index in [1.807, 2.05) is 36.3 Å². The number of hydrogen-bond donors (Lipinski definition) is 1. The molecule has 0 aromatic heterocycles. The van der Waals surface area contributed by atoms with Crippen molar-refractivity contribution in [2.24, 2.45) is 5.92 Å². The minimum atomic E-state index is -0.0111. The molecule has 7 heteroatoms. The Morgan fingerprint density at radius 1 is 1.36 bits per heavy atom. The van der Waals surface area contributed by atoms with Gasteiger partial charge in [0.2, 0.25) is 11.8 Å². The molecule has 0 saturated carbocycles. The summed E-state index contributed by atoms with van der Waals surface area (Å²) in [6.07, 6.45) is 3.80. The molecule has 136 valence electrons. The topological polar surface area (TPSA) is 49.4 Å². The van der Waals surface area contributed by atoms with Gasteiger partial charge in [-0.2, -0.15) is 11.8 Å². The van der Waals surface area contributed by atoms with Gasteiger partial charge in [-0.15, -0.1) is 11.8 Å². The Bertz CT molecular complexity index is 637. The monoisotopic (exact) mass is 396 g/mol. The number of para-hydroxylation sites is 1. The van der Waals surface area contributed by atoms with Gasteiger partial charge in [-0.25, -0.2) is 0 Å². The number of rotatable bonds is 8. The second-order valence-electron chi connectivity index (χ2n) is 5.99. The first kappa shape index (κ1) is 20.3. The van der Waals surface area contributed by atoms with E-state index in [-0.39, 0.29) is 17.7 Å². The van der Waals surface area contributed by atoms with Crippen LogP contribution in [0.4, 0.5) is 5.69 Å². The number of nitrogens with one attached hydrogen (secondary N) is 1. The lowest BCUT2D eigenvalue weighted by atomic mass is 10.1. The third kappa shape index (κ3) is 6.01. The Kier molecular flexibility index (Phi) is 8.26. The number of fused-ring (bicyclic) bond motifs is 1. The van der Waals surface area contributed by atoms with E-state index < -0.39 is 0 Å². The van der Waals surface area contributed by atoms with E-state index in [9.17, 15) is 9.59 Å². The molecule has 2 amide bonds. The molecule has 1 aromatic rings. The summed E-state index contributed by atoms with van der Waals surface area (Å²) in [5.41, 5.74) is 2.23. The van der Waals surface area contributed by atoms with E-state index in [4.69, 9.17) is 12.2 Å². The molecule has 1 aromatic carbocycles. The van der Waals surface area contributed by atoms with Crippen LogP contribution in [0.3, 0.4) is 0 Å².